The van der Waals surface area contributed by atoms with Gasteiger partial charge in [0.15, 0.2) is 0 Å². The van der Waals surface area contributed by atoms with Gasteiger partial charge in [-0.1, -0.05) is 0 Å². The third-order valence-corrected chi connectivity index (χ3v) is 3.08. The summed E-state index contributed by atoms with van der Waals surface area (Å²) in [5.41, 5.74) is -0.521. The topological polar surface area (TPSA) is 59.0 Å². The molecule has 112 valence electrons. The lowest BCUT2D eigenvalue weighted by atomic mass is 9.98. The normalized spacial score (nSPS) is 28.0. The van der Waals surface area contributed by atoms with E-state index in [2.05, 4.69) is 0 Å². The second kappa shape index (κ2) is 6.57. The number of carbonyl (C=O) groups excluding carboxylic acids is 1. The van der Waals surface area contributed by atoms with Gasteiger partial charge in [0.2, 0.25) is 0 Å². The Kier molecular flexibility index (Phi) is 5.62. The third-order valence-electron chi connectivity index (χ3n) is 3.08. The first-order valence-corrected chi connectivity index (χ1v) is 6.99. The Bertz CT molecular complexity index is 290. The highest BCUT2D eigenvalue weighted by Crippen LogP contribution is 2.25. The Labute approximate surface area is 115 Å². The standard InChI is InChI=1S/C14H27NO4/c1-10-8-12(9-11(2)18-10)15(6-7-16)13(17)19-14(3,4)5/h10-12,16H,6-9H2,1-5H3. The van der Waals surface area contributed by atoms with E-state index in [1.165, 1.54) is 0 Å². The average Bonchev–Trinajstić information content (AvgIpc) is 2.21. The predicted molar refractivity (Wildman–Crippen MR) is 73.1 cm³/mol. The Balaban J connectivity index is 2.73. The summed E-state index contributed by atoms with van der Waals surface area (Å²) in [5.74, 6) is 0. The van der Waals surface area contributed by atoms with Gasteiger partial charge in [0.1, 0.15) is 5.60 Å². The molecule has 0 spiro atoms. The van der Waals surface area contributed by atoms with E-state index >= 15 is 0 Å². The van der Waals surface area contributed by atoms with Crippen molar-refractivity contribution in [2.45, 2.75) is 71.3 Å². The van der Waals surface area contributed by atoms with E-state index in [0.29, 0.717) is 6.54 Å². The highest BCUT2D eigenvalue weighted by molar-refractivity contribution is 5.68. The van der Waals surface area contributed by atoms with E-state index in [9.17, 15) is 4.79 Å². The molecule has 0 radical (unpaired) electrons. The molecule has 0 saturated carbocycles. The van der Waals surface area contributed by atoms with Crippen LogP contribution < -0.4 is 0 Å². The minimum Gasteiger partial charge on any atom is -0.444 e. The van der Waals surface area contributed by atoms with Crippen molar-refractivity contribution < 1.29 is 19.4 Å². The molecule has 0 aromatic carbocycles. The lowest BCUT2D eigenvalue weighted by molar-refractivity contribution is -0.0693. The molecule has 0 aliphatic carbocycles. The number of aliphatic hydroxyl groups excluding tert-OH is 1. The molecule has 1 N–H and O–H groups in total. The summed E-state index contributed by atoms with van der Waals surface area (Å²) >= 11 is 0. The van der Waals surface area contributed by atoms with Gasteiger partial charge in [-0.2, -0.15) is 0 Å². The summed E-state index contributed by atoms with van der Waals surface area (Å²) in [6, 6.07) is 0.0701. The van der Waals surface area contributed by atoms with Crippen molar-refractivity contribution in [1.29, 1.82) is 0 Å². The van der Waals surface area contributed by atoms with Gasteiger partial charge in [0.25, 0.3) is 0 Å². The number of hydrogen-bond acceptors (Lipinski definition) is 4. The van der Waals surface area contributed by atoms with Crippen LogP contribution in [0.25, 0.3) is 0 Å². The van der Waals surface area contributed by atoms with Gasteiger partial charge in [0, 0.05) is 12.6 Å². The lowest BCUT2D eigenvalue weighted by Crippen LogP contribution is -2.49. The van der Waals surface area contributed by atoms with Gasteiger partial charge in [0.05, 0.1) is 18.8 Å². The molecule has 19 heavy (non-hydrogen) atoms. The Morgan fingerprint density at radius 2 is 1.84 bits per heavy atom. The summed E-state index contributed by atoms with van der Waals surface area (Å²) in [5, 5.41) is 9.17. The number of ether oxygens (including phenoxy) is 2. The van der Waals surface area contributed by atoms with Gasteiger partial charge < -0.3 is 19.5 Å². The van der Waals surface area contributed by atoms with E-state index in [-0.39, 0.29) is 30.9 Å². The fraction of sp³-hybridized carbons (Fsp3) is 0.929. The quantitative estimate of drug-likeness (QED) is 0.856. The number of rotatable bonds is 3. The average molecular weight is 273 g/mol. The van der Waals surface area contributed by atoms with Crippen LogP contribution >= 0.6 is 0 Å². The van der Waals surface area contributed by atoms with E-state index in [4.69, 9.17) is 14.6 Å². The molecule has 1 amide bonds. The summed E-state index contributed by atoms with van der Waals surface area (Å²) in [6.07, 6.45) is 1.45. The molecule has 1 fully saturated rings. The second-order valence-corrected chi connectivity index (χ2v) is 6.28. The number of carbonyl (C=O) groups is 1. The van der Waals surface area contributed by atoms with Crippen molar-refractivity contribution in [2.24, 2.45) is 0 Å². The zero-order chi connectivity index (χ0) is 14.6. The van der Waals surface area contributed by atoms with Gasteiger partial charge in [-0.15, -0.1) is 0 Å². The summed E-state index contributed by atoms with van der Waals surface area (Å²) in [6.45, 7) is 9.80. The van der Waals surface area contributed by atoms with Crippen molar-refractivity contribution in [3.63, 3.8) is 0 Å². The van der Waals surface area contributed by atoms with E-state index in [1.807, 2.05) is 34.6 Å². The zero-order valence-electron chi connectivity index (χ0n) is 12.7. The molecule has 0 bridgehead atoms. The SMILES string of the molecule is CC1CC(N(CCO)C(=O)OC(C)(C)C)CC(C)O1. The van der Waals surface area contributed by atoms with Crippen molar-refractivity contribution >= 4 is 6.09 Å². The molecule has 1 heterocycles. The van der Waals surface area contributed by atoms with Gasteiger partial charge in [-0.3, -0.25) is 0 Å². The zero-order valence-corrected chi connectivity index (χ0v) is 12.7. The first-order chi connectivity index (χ1) is 8.73. The third kappa shape index (κ3) is 5.37. The monoisotopic (exact) mass is 273 g/mol. The maximum Gasteiger partial charge on any atom is 0.410 e. The van der Waals surface area contributed by atoms with Crippen molar-refractivity contribution in [2.75, 3.05) is 13.2 Å². The minimum atomic E-state index is -0.521. The maximum absolute atomic E-state index is 12.2. The fourth-order valence-corrected chi connectivity index (χ4v) is 2.48. The summed E-state index contributed by atoms with van der Waals surface area (Å²) in [7, 11) is 0. The van der Waals surface area contributed by atoms with Crippen LogP contribution in [0.15, 0.2) is 0 Å². The highest BCUT2D eigenvalue weighted by atomic mass is 16.6. The fourth-order valence-electron chi connectivity index (χ4n) is 2.48. The van der Waals surface area contributed by atoms with Gasteiger partial charge in [-0.25, -0.2) is 4.79 Å². The van der Waals surface area contributed by atoms with Crippen LogP contribution in [-0.4, -0.2) is 53.1 Å². The molecular formula is C14H27NO4. The molecule has 1 aliphatic heterocycles. The minimum absolute atomic E-state index is 0.0562. The van der Waals surface area contributed by atoms with Crippen molar-refractivity contribution in [3.05, 3.63) is 0 Å². The lowest BCUT2D eigenvalue weighted by Gasteiger charge is -2.39. The van der Waals surface area contributed by atoms with Crippen LogP contribution in [-0.2, 0) is 9.47 Å². The van der Waals surface area contributed by atoms with E-state index in [0.717, 1.165) is 12.8 Å². The number of amides is 1. The Hall–Kier alpha value is -0.810. The van der Waals surface area contributed by atoms with E-state index in [1.54, 1.807) is 4.90 Å². The van der Waals surface area contributed by atoms with Crippen LogP contribution in [0.4, 0.5) is 4.79 Å². The van der Waals surface area contributed by atoms with Crippen LogP contribution in [0, 0.1) is 0 Å². The van der Waals surface area contributed by atoms with Crippen LogP contribution in [0.1, 0.15) is 47.5 Å². The summed E-state index contributed by atoms with van der Waals surface area (Å²) in [4.78, 5) is 13.9. The highest BCUT2D eigenvalue weighted by Gasteiger charge is 2.33. The number of nitrogens with zero attached hydrogens (tertiary/aromatic N) is 1. The predicted octanol–water partition coefficient (Wildman–Crippen LogP) is 2.17. The molecule has 1 rings (SSSR count). The van der Waals surface area contributed by atoms with Crippen molar-refractivity contribution in [1.82, 2.24) is 4.90 Å². The molecule has 5 nitrogen and oxygen atoms in total. The van der Waals surface area contributed by atoms with Crippen LogP contribution in [0.5, 0.6) is 0 Å². The van der Waals surface area contributed by atoms with Crippen molar-refractivity contribution in [3.8, 4) is 0 Å². The largest absolute Gasteiger partial charge is 0.444 e. The first kappa shape index (κ1) is 16.2. The number of aliphatic hydroxyl groups is 1. The first-order valence-electron chi connectivity index (χ1n) is 6.99. The van der Waals surface area contributed by atoms with Gasteiger partial charge >= 0.3 is 6.09 Å². The molecule has 2 unspecified atom stereocenters. The van der Waals surface area contributed by atoms with Crippen LogP contribution in [0.3, 0.4) is 0 Å². The molecule has 0 aromatic heterocycles. The van der Waals surface area contributed by atoms with E-state index < -0.39 is 5.60 Å². The maximum atomic E-state index is 12.2. The Morgan fingerprint density at radius 3 is 2.26 bits per heavy atom. The number of hydrogen-bond donors (Lipinski definition) is 1. The van der Waals surface area contributed by atoms with Gasteiger partial charge in [-0.05, 0) is 47.5 Å². The van der Waals surface area contributed by atoms with Crippen LogP contribution in [0.2, 0.25) is 0 Å². The molecule has 1 aliphatic rings. The molecule has 0 aromatic rings. The smallest absolute Gasteiger partial charge is 0.410 e. The molecule has 5 heteroatoms. The molecule has 1 saturated heterocycles. The second-order valence-electron chi connectivity index (χ2n) is 6.28. The Morgan fingerprint density at radius 1 is 1.32 bits per heavy atom. The molecule has 2 atom stereocenters. The molecular weight excluding hydrogens is 246 g/mol. The summed E-state index contributed by atoms with van der Waals surface area (Å²) < 4.78 is 11.1.